The van der Waals surface area contributed by atoms with Crippen LogP contribution in [-0.4, -0.2) is 48.1 Å². The third-order valence-corrected chi connectivity index (χ3v) is 4.76. The van der Waals surface area contributed by atoms with Gasteiger partial charge in [0.25, 0.3) is 0 Å². The number of hydrogen-bond acceptors (Lipinski definition) is 7. The number of benzene rings is 2. The third kappa shape index (κ3) is 9.86. The molecule has 2 aromatic rings. The number of carbonyl (C=O) groups is 3. The molecule has 0 bridgehead atoms. The molecular weight excluding hydrogens is 464 g/mol. The van der Waals surface area contributed by atoms with Gasteiger partial charge in [0.2, 0.25) is 0 Å². The van der Waals surface area contributed by atoms with Crippen LogP contribution in [0.5, 0.6) is 0 Å². The highest BCUT2D eigenvalue weighted by molar-refractivity contribution is 6.18. The standard InChI is InChI=1S/C23H27ClN4O6/c24-13-15-28(27-32)22(30)26-20(21(29)33-16-18-8-3-1-4-9-18)12-7-14-25-23(31)34-17-19-10-5-2-6-11-19/h1-6,8-11,20H,7,12-17H2,(H,25,31)(H,26,30). The predicted molar refractivity (Wildman–Crippen MR) is 126 cm³/mol. The summed E-state index contributed by atoms with van der Waals surface area (Å²) in [5.41, 5.74) is 1.63. The van der Waals surface area contributed by atoms with Crippen molar-refractivity contribution in [3.63, 3.8) is 0 Å². The Balaban J connectivity index is 1.84. The van der Waals surface area contributed by atoms with E-state index in [1.807, 2.05) is 48.5 Å². The minimum absolute atomic E-state index is 0.00269. The van der Waals surface area contributed by atoms with Gasteiger partial charge in [-0.3, -0.25) is 0 Å². The molecule has 2 rings (SSSR count). The number of ether oxygens (including phenoxy) is 2. The van der Waals surface area contributed by atoms with Gasteiger partial charge in [-0.1, -0.05) is 60.7 Å². The van der Waals surface area contributed by atoms with Crippen molar-refractivity contribution in [2.75, 3.05) is 19.0 Å². The van der Waals surface area contributed by atoms with Gasteiger partial charge in [0.15, 0.2) is 0 Å². The molecule has 182 valence electrons. The SMILES string of the molecule is O=NN(CCCl)C(=O)NC(CCCNC(=O)OCc1ccccc1)C(=O)OCc1ccccc1. The number of nitrogens with one attached hydrogen (secondary N) is 2. The molecule has 0 spiro atoms. The van der Waals surface area contributed by atoms with E-state index >= 15 is 0 Å². The fourth-order valence-electron chi connectivity index (χ4n) is 2.83. The Morgan fingerprint density at radius 1 is 0.941 bits per heavy atom. The number of esters is 1. The summed E-state index contributed by atoms with van der Waals surface area (Å²) in [5.74, 6) is -0.683. The first-order valence-electron chi connectivity index (χ1n) is 10.7. The van der Waals surface area contributed by atoms with E-state index in [-0.39, 0.29) is 38.6 Å². The van der Waals surface area contributed by atoms with Gasteiger partial charge in [-0.2, -0.15) is 5.01 Å². The number of urea groups is 1. The maximum atomic E-state index is 12.6. The summed E-state index contributed by atoms with van der Waals surface area (Å²) in [6.45, 7) is 0.237. The smallest absolute Gasteiger partial charge is 0.407 e. The normalized spacial score (nSPS) is 11.1. The number of amides is 3. The molecule has 2 N–H and O–H groups in total. The van der Waals surface area contributed by atoms with Gasteiger partial charge in [0.05, 0.1) is 11.8 Å². The number of alkyl carbamates (subject to hydrolysis) is 1. The summed E-state index contributed by atoms with van der Waals surface area (Å²) in [6, 6.07) is 16.3. The number of nitrogens with zero attached hydrogens (tertiary/aromatic N) is 2. The minimum atomic E-state index is -1.06. The molecule has 34 heavy (non-hydrogen) atoms. The molecule has 0 saturated heterocycles. The molecule has 3 amide bonds. The molecule has 1 atom stereocenters. The topological polar surface area (TPSA) is 126 Å². The summed E-state index contributed by atoms with van der Waals surface area (Å²) in [7, 11) is 0. The Hall–Kier alpha value is -3.66. The van der Waals surface area contributed by atoms with Gasteiger partial charge in [0.1, 0.15) is 19.3 Å². The molecule has 10 nitrogen and oxygen atoms in total. The average molecular weight is 491 g/mol. The molecule has 0 aliphatic carbocycles. The van der Waals surface area contributed by atoms with Crippen molar-refractivity contribution in [2.45, 2.75) is 32.1 Å². The highest BCUT2D eigenvalue weighted by Crippen LogP contribution is 2.07. The third-order valence-electron chi connectivity index (χ3n) is 4.59. The van der Waals surface area contributed by atoms with Gasteiger partial charge >= 0.3 is 18.1 Å². The summed E-state index contributed by atoms with van der Waals surface area (Å²) in [6.07, 6.45) is -0.128. The Morgan fingerprint density at radius 3 is 2.09 bits per heavy atom. The summed E-state index contributed by atoms with van der Waals surface area (Å²) >= 11 is 5.57. The van der Waals surface area contributed by atoms with Gasteiger partial charge in [-0.25, -0.2) is 14.4 Å². The zero-order valence-electron chi connectivity index (χ0n) is 18.5. The van der Waals surface area contributed by atoms with Gasteiger partial charge < -0.3 is 20.1 Å². The molecule has 0 heterocycles. The number of hydrogen-bond donors (Lipinski definition) is 2. The van der Waals surface area contributed by atoms with Crippen LogP contribution < -0.4 is 10.6 Å². The maximum Gasteiger partial charge on any atom is 0.407 e. The monoisotopic (exact) mass is 490 g/mol. The molecule has 11 heteroatoms. The van der Waals surface area contributed by atoms with E-state index in [0.29, 0.717) is 11.4 Å². The molecule has 0 saturated carbocycles. The number of rotatable bonds is 13. The average Bonchev–Trinajstić information content (AvgIpc) is 2.87. The van der Waals surface area contributed by atoms with E-state index in [4.69, 9.17) is 21.1 Å². The zero-order valence-corrected chi connectivity index (χ0v) is 19.3. The first-order chi connectivity index (χ1) is 16.5. The van der Waals surface area contributed by atoms with Crippen LogP contribution in [0, 0.1) is 4.91 Å². The Labute approximate surface area is 202 Å². The highest BCUT2D eigenvalue weighted by atomic mass is 35.5. The molecular formula is C23H27ClN4O6. The number of halogens is 1. The lowest BCUT2D eigenvalue weighted by molar-refractivity contribution is -0.147. The van der Waals surface area contributed by atoms with Crippen molar-refractivity contribution in [1.29, 1.82) is 0 Å². The summed E-state index contributed by atoms with van der Waals surface area (Å²) in [4.78, 5) is 47.6. The van der Waals surface area contributed by atoms with E-state index in [1.165, 1.54) is 0 Å². The lowest BCUT2D eigenvalue weighted by atomic mass is 10.1. The van der Waals surface area contributed by atoms with E-state index in [0.717, 1.165) is 11.1 Å². The highest BCUT2D eigenvalue weighted by Gasteiger charge is 2.25. The number of carbonyl (C=O) groups excluding carboxylic acids is 3. The van der Waals surface area contributed by atoms with Gasteiger partial charge in [-0.15, -0.1) is 16.5 Å². The fraction of sp³-hybridized carbons (Fsp3) is 0.348. The zero-order chi connectivity index (χ0) is 24.6. The van der Waals surface area contributed by atoms with Crippen molar-refractivity contribution in [3.05, 3.63) is 76.7 Å². The second-order valence-corrected chi connectivity index (χ2v) is 7.50. The second kappa shape index (κ2) is 15.2. The van der Waals surface area contributed by atoms with Crippen molar-refractivity contribution in [1.82, 2.24) is 15.6 Å². The van der Waals surface area contributed by atoms with E-state index < -0.39 is 24.1 Å². The molecule has 0 fully saturated rings. The van der Waals surface area contributed by atoms with Crippen molar-refractivity contribution in [3.8, 4) is 0 Å². The number of nitroso groups, excluding NO2 is 1. The van der Waals surface area contributed by atoms with Crippen LogP contribution in [0.1, 0.15) is 24.0 Å². The summed E-state index contributed by atoms with van der Waals surface area (Å²) < 4.78 is 10.4. The van der Waals surface area contributed by atoms with Crippen molar-refractivity contribution < 1.29 is 23.9 Å². The summed E-state index contributed by atoms with van der Waals surface area (Å²) in [5, 5.41) is 8.23. The molecule has 1 unspecified atom stereocenters. The molecule has 0 aliphatic heterocycles. The van der Waals surface area contributed by atoms with Crippen LogP contribution in [0.2, 0.25) is 0 Å². The minimum Gasteiger partial charge on any atom is -0.459 e. The van der Waals surface area contributed by atoms with Gasteiger partial charge in [-0.05, 0) is 24.0 Å². The van der Waals surface area contributed by atoms with Crippen molar-refractivity contribution in [2.24, 2.45) is 5.29 Å². The first-order valence-corrected chi connectivity index (χ1v) is 11.2. The van der Waals surface area contributed by atoms with E-state index in [2.05, 4.69) is 15.9 Å². The van der Waals surface area contributed by atoms with Crippen LogP contribution in [-0.2, 0) is 27.5 Å². The molecule has 2 aromatic carbocycles. The van der Waals surface area contributed by atoms with Crippen molar-refractivity contribution >= 4 is 29.7 Å². The van der Waals surface area contributed by atoms with Crippen LogP contribution in [0.15, 0.2) is 65.9 Å². The van der Waals surface area contributed by atoms with Crippen LogP contribution in [0.4, 0.5) is 9.59 Å². The predicted octanol–water partition coefficient (Wildman–Crippen LogP) is 3.74. The van der Waals surface area contributed by atoms with E-state index in [1.54, 1.807) is 12.1 Å². The lowest BCUT2D eigenvalue weighted by Gasteiger charge is -2.20. The van der Waals surface area contributed by atoms with Crippen LogP contribution in [0.25, 0.3) is 0 Å². The van der Waals surface area contributed by atoms with E-state index in [9.17, 15) is 19.3 Å². The Bertz CT molecular complexity index is 916. The van der Waals surface area contributed by atoms with Crippen LogP contribution in [0.3, 0.4) is 0 Å². The Morgan fingerprint density at radius 2 is 1.53 bits per heavy atom. The second-order valence-electron chi connectivity index (χ2n) is 7.12. The lowest BCUT2D eigenvalue weighted by Crippen LogP contribution is -2.47. The number of alkyl halides is 1. The van der Waals surface area contributed by atoms with Gasteiger partial charge in [0, 0.05) is 12.4 Å². The molecule has 0 aromatic heterocycles. The molecule has 0 radical (unpaired) electrons. The fourth-order valence-corrected chi connectivity index (χ4v) is 2.99. The van der Waals surface area contributed by atoms with Crippen LogP contribution >= 0.6 is 11.6 Å². The largest absolute Gasteiger partial charge is 0.459 e. The first kappa shape index (κ1) is 26.6. The molecule has 0 aliphatic rings. The maximum absolute atomic E-state index is 12.6. The quantitative estimate of drug-likeness (QED) is 0.145. The Kier molecular flexibility index (Phi) is 11.9.